The van der Waals surface area contributed by atoms with Gasteiger partial charge in [0.25, 0.3) is 0 Å². The smallest absolute Gasteiger partial charge is 0.0366 e. The molecule has 1 aromatic rings. The van der Waals surface area contributed by atoms with Gasteiger partial charge in [-0.15, -0.1) is 0 Å². The highest BCUT2D eigenvalue weighted by Crippen LogP contribution is 2.25. The lowest BCUT2D eigenvalue weighted by molar-refractivity contribution is 0.604. The molecule has 0 unspecified atom stereocenters. The van der Waals surface area contributed by atoms with Gasteiger partial charge < -0.3 is 4.90 Å². The highest BCUT2D eigenvalue weighted by molar-refractivity contribution is 14.1. The van der Waals surface area contributed by atoms with Gasteiger partial charge >= 0.3 is 0 Å². The van der Waals surface area contributed by atoms with E-state index in [9.17, 15) is 0 Å². The Kier molecular flexibility index (Phi) is 3.50. The zero-order valence-corrected chi connectivity index (χ0v) is 10.3. The maximum absolute atomic E-state index is 7.46. The molecule has 14 heavy (non-hydrogen) atoms. The molecule has 0 aliphatic carbocycles. The summed E-state index contributed by atoms with van der Waals surface area (Å²) < 4.78 is 8.20. The molecule has 1 fully saturated rings. The molecule has 1 aliphatic heterocycles. The normalized spacial score (nSPS) is 18.4. The first kappa shape index (κ1) is 10.1. The SMILES string of the molecule is N=IC1CCN(c2ccccc2)CC1. The lowest BCUT2D eigenvalue weighted by atomic mass is 10.1. The van der Waals surface area contributed by atoms with E-state index in [0.29, 0.717) is 0 Å². The lowest BCUT2D eigenvalue weighted by Gasteiger charge is -2.31. The van der Waals surface area contributed by atoms with Crippen LogP contribution in [-0.4, -0.2) is 17.0 Å². The van der Waals surface area contributed by atoms with Crippen molar-refractivity contribution in [2.24, 2.45) is 0 Å². The second-order valence-electron chi connectivity index (χ2n) is 3.61. The largest absolute Gasteiger partial charge is 0.371 e. The van der Waals surface area contributed by atoms with Crippen LogP contribution >= 0.6 is 21.0 Å². The van der Waals surface area contributed by atoms with Gasteiger partial charge in [-0.1, -0.05) is 18.2 Å². The molecule has 0 atom stereocenters. The van der Waals surface area contributed by atoms with E-state index >= 15 is 0 Å². The number of para-hydroxylation sites is 1. The molecule has 0 aromatic heterocycles. The fraction of sp³-hybridized carbons (Fsp3) is 0.455. The standard InChI is InChI=1S/C11H15IN2/c13-12-10-6-8-14(9-7-10)11-4-2-1-3-5-11/h1-5,10,13H,6-9H2. The minimum absolute atomic E-state index is 0.280. The van der Waals surface area contributed by atoms with Gasteiger partial charge in [-0.25, -0.2) is 0 Å². The Labute approximate surface area is 95.3 Å². The van der Waals surface area contributed by atoms with E-state index in [1.165, 1.54) is 18.5 Å². The van der Waals surface area contributed by atoms with E-state index in [2.05, 4.69) is 35.2 Å². The van der Waals surface area contributed by atoms with Gasteiger partial charge in [-0.05, 0) is 46.0 Å². The monoisotopic (exact) mass is 302 g/mol. The molecule has 0 radical (unpaired) electrons. The molecule has 1 heterocycles. The number of hydrogen-bond acceptors (Lipinski definition) is 2. The van der Waals surface area contributed by atoms with E-state index in [1.54, 1.807) is 0 Å². The Morgan fingerprint density at radius 2 is 1.79 bits per heavy atom. The Morgan fingerprint density at radius 3 is 2.36 bits per heavy atom. The molecule has 1 aromatic carbocycles. The number of nitrogens with one attached hydrogen (secondary N) is 1. The molecule has 1 N–H and O–H groups in total. The molecule has 3 heteroatoms. The van der Waals surface area contributed by atoms with Gasteiger partial charge in [-0.3, -0.25) is 3.56 Å². The average Bonchev–Trinajstić information content (AvgIpc) is 2.30. The third-order valence-corrected chi connectivity index (χ3v) is 4.83. The summed E-state index contributed by atoms with van der Waals surface area (Å²) >= 11 is -0.280. The second kappa shape index (κ2) is 4.87. The van der Waals surface area contributed by atoms with Crippen molar-refractivity contribution in [3.05, 3.63) is 30.3 Å². The third kappa shape index (κ3) is 2.32. The van der Waals surface area contributed by atoms with Crippen molar-refractivity contribution in [1.82, 2.24) is 0 Å². The molecule has 1 saturated heterocycles. The number of benzene rings is 1. The minimum atomic E-state index is -0.280. The summed E-state index contributed by atoms with van der Waals surface area (Å²) in [4.78, 5) is 2.44. The van der Waals surface area contributed by atoms with Crippen molar-refractivity contribution in [1.29, 1.82) is 3.56 Å². The fourth-order valence-electron chi connectivity index (χ4n) is 1.85. The maximum Gasteiger partial charge on any atom is 0.0366 e. The van der Waals surface area contributed by atoms with Gasteiger partial charge in [0.05, 0.1) is 0 Å². The number of piperidine rings is 1. The highest BCUT2D eigenvalue weighted by atomic mass is 127. The van der Waals surface area contributed by atoms with Crippen LogP contribution in [0.5, 0.6) is 0 Å². The summed E-state index contributed by atoms with van der Waals surface area (Å²) in [5.41, 5.74) is 1.34. The first-order chi connectivity index (χ1) is 6.90. The van der Waals surface area contributed by atoms with Crippen LogP contribution in [0.1, 0.15) is 12.8 Å². The zero-order valence-electron chi connectivity index (χ0n) is 8.12. The van der Waals surface area contributed by atoms with Crippen molar-refractivity contribution in [3.63, 3.8) is 0 Å². The molecule has 1 aliphatic rings. The van der Waals surface area contributed by atoms with Crippen LogP contribution in [0.4, 0.5) is 5.69 Å². The molecular weight excluding hydrogens is 287 g/mol. The van der Waals surface area contributed by atoms with Gasteiger partial charge in [0.15, 0.2) is 0 Å². The summed E-state index contributed by atoms with van der Waals surface area (Å²) in [5, 5.41) is 0. The van der Waals surface area contributed by atoms with Crippen molar-refractivity contribution in [2.45, 2.75) is 16.8 Å². The van der Waals surface area contributed by atoms with Crippen LogP contribution < -0.4 is 4.90 Å². The van der Waals surface area contributed by atoms with Crippen molar-refractivity contribution in [3.8, 4) is 0 Å². The lowest BCUT2D eigenvalue weighted by Crippen LogP contribution is -2.33. The summed E-state index contributed by atoms with van der Waals surface area (Å²) in [7, 11) is 0. The van der Waals surface area contributed by atoms with E-state index < -0.39 is 0 Å². The van der Waals surface area contributed by atoms with Crippen LogP contribution in [0, 0.1) is 3.56 Å². The Hall–Kier alpha value is -0.450. The maximum atomic E-state index is 7.46. The molecule has 0 spiro atoms. The molecule has 76 valence electrons. The Bertz CT molecular complexity index is 291. The predicted octanol–water partition coefficient (Wildman–Crippen LogP) is 3.39. The number of hydrogen-bond donors (Lipinski definition) is 1. The van der Waals surface area contributed by atoms with Crippen LogP contribution in [0.25, 0.3) is 0 Å². The molecule has 2 nitrogen and oxygen atoms in total. The Balaban J connectivity index is 1.99. The van der Waals surface area contributed by atoms with E-state index in [0.717, 1.165) is 17.0 Å². The van der Waals surface area contributed by atoms with Crippen molar-refractivity contribution < 1.29 is 0 Å². The topological polar surface area (TPSA) is 27.1 Å². The van der Waals surface area contributed by atoms with Crippen LogP contribution in [0.2, 0.25) is 0 Å². The van der Waals surface area contributed by atoms with Gasteiger partial charge in [0.2, 0.25) is 0 Å². The fourth-order valence-corrected chi connectivity index (χ4v) is 3.03. The number of alkyl halides is 1. The summed E-state index contributed by atoms with van der Waals surface area (Å²) in [5.74, 6) is 0. The summed E-state index contributed by atoms with van der Waals surface area (Å²) in [6.45, 7) is 2.29. The Morgan fingerprint density at radius 1 is 1.14 bits per heavy atom. The van der Waals surface area contributed by atoms with Crippen molar-refractivity contribution >= 4 is 26.7 Å². The quantitative estimate of drug-likeness (QED) is 0.658. The summed E-state index contributed by atoms with van der Waals surface area (Å²) in [6.07, 6.45) is 2.46. The summed E-state index contributed by atoms with van der Waals surface area (Å²) in [6, 6.07) is 10.6. The van der Waals surface area contributed by atoms with E-state index in [4.69, 9.17) is 3.56 Å². The van der Waals surface area contributed by atoms with Crippen molar-refractivity contribution in [2.75, 3.05) is 18.0 Å². The molecule has 0 saturated carbocycles. The van der Waals surface area contributed by atoms with Gasteiger partial charge in [0, 0.05) is 22.7 Å². The second-order valence-corrected chi connectivity index (χ2v) is 5.99. The molecular formula is C11H15IN2. The first-order valence-corrected chi connectivity index (χ1v) is 7.31. The van der Waals surface area contributed by atoms with E-state index in [1.807, 2.05) is 0 Å². The molecule has 2 rings (SSSR count). The number of nitrogens with zero attached hydrogens (tertiary/aromatic N) is 1. The number of anilines is 1. The number of halogens is 1. The minimum Gasteiger partial charge on any atom is -0.371 e. The average molecular weight is 302 g/mol. The third-order valence-electron chi connectivity index (χ3n) is 2.70. The highest BCUT2D eigenvalue weighted by Gasteiger charge is 2.17. The van der Waals surface area contributed by atoms with E-state index in [-0.39, 0.29) is 21.0 Å². The van der Waals surface area contributed by atoms with Gasteiger partial charge in [0.1, 0.15) is 0 Å². The molecule has 0 bridgehead atoms. The van der Waals surface area contributed by atoms with Gasteiger partial charge in [-0.2, -0.15) is 0 Å². The molecule has 0 amide bonds. The van der Waals surface area contributed by atoms with Crippen LogP contribution in [-0.2, 0) is 0 Å². The van der Waals surface area contributed by atoms with Crippen LogP contribution in [0.3, 0.4) is 0 Å². The number of rotatable bonds is 2. The van der Waals surface area contributed by atoms with Crippen LogP contribution in [0.15, 0.2) is 30.3 Å². The first-order valence-electron chi connectivity index (χ1n) is 4.99. The predicted molar refractivity (Wildman–Crippen MR) is 68.4 cm³/mol. The zero-order chi connectivity index (χ0) is 9.80.